The Morgan fingerprint density at radius 1 is 1.22 bits per heavy atom. The minimum Gasteiger partial charge on any atom is -0.494 e. The highest BCUT2D eigenvalue weighted by molar-refractivity contribution is 9.11. The monoisotopic (exact) mass is 379 g/mol. The van der Waals surface area contributed by atoms with E-state index in [9.17, 15) is 0 Å². The van der Waals surface area contributed by atoms with Crippen LogP contribution in [0.2, 0.25) is 0 Å². The zero-order valence-electron chi connectivity index (χ0n) is 10.9. The zero-order chi connectivity index (χ0) is 13.5. The van der Waals surface area contributed by atoms with Crippen LogP contribution in [0.25, 0.3) is 0 Å². The Hall–Kier alpha value is -0.100. The van der Waals surface area contributed by atoms with Crippen molar-refractivity contribution >= 4 is 31.9 Å². The molecule has 0 aromatic heterocycles. The number of nitrogens with one attached hydrogen (secondary N) is 1. The number of ether oxygens (including phenoxy) is 2. The molecule has 0 fully saturated rings. The van der Waals surface area contributed by atoms with E-state index in [0.29, 0.717) is 6.04 Å². The lowest BCUT2D eigenvalue weighted by Gasteiger charge is -2.14. The summed E-state index contributed by atoms with van der Waals surface area (Å²) in [6.07, 6.45) is 1.01. The number of benzene rings is 1. The molecular formula is C13H19Br2NO2. The van der Waals surface area contributed by atoms with Gasteiger partial charge in [-0.2, -0.15) is 0 Å². The Morgan fingerprint density at radius 3 is 2.33 bits per heavy atom. The zero-order valence-corrected chi connectivity index (χ0v) is 14.1. The molecule has 0 aliphatic heterocycles. The Bertz CT molecular complexity index is 362. The van der Waals surface area contributed by atoms with Crippen LogP contribution in [0.3, 0.4) is 0 Å². The van der Waals surface area contributed by atoms with Gasteiger partial charge in [-0.1, -0.05) is 0 Å². The molecule has 1 N–H and O–H groups in total. The fraction of sp³-hybridized carbons (Fsp3) is 0.538. The van der Waals surface area contributed by atoms with Crippen molar-refractivity contribution in [3.8, 4) is 5.75 Å². The van der Waals surface area contributed by atoms with Crippen molar-refractivity contribution in [1.82, 2.24) is 5.32 Å². The van der Waals surface area contributed by atoms with Gasteiger partial charge in [0.1, 0.15) is 5.75 Å². The quantitative estimate of drug-likeness (QED) is 0.781. The van der Waals surface area contributed by atoms with Crippen LogP contribution in [0, 0.1) is 0 Å². The molecule has 0 aliphatic rings. The van der Waals surface area contributed by atoms with E-state index in [1.54, 1.807) is 14.2 Å². The first-order chi connectivity index (χ1) is 8.58. The molecule has 0 aliphatic carbocycles. The molecule has 0 saturated carbocycles. The summed E-state index contributed by atoms with van der Waals surface area (Å²) < 4.78 is 12.3. The third kappa shape index (κ3) is 4.88. The average Bonchev–Trinajstić information content (AvgIpc) is 2.33. The second-order valence-electron chi connectivity index (χ2n) is 4.16. The maximum absolute atomic E-state index is 5.28. The summed E-state index contributed by atoms with van der Waals surface area (Å²) >= 11 is 7.01. The van der Waals surface area contributed by atoms with Gasteiger partial charge >= 0.3 is 0 Å². The Balaban J connectivity index is 2.58. The Labute approximate surface area is 125 Å². The van der Waals surface area contributed by atoms with Crippen molar-refractivity contribution in [2.45, 2.75) is 25.9 Å². The highest BCUT2D eigenvalue weighted by atomic mass is 79.9. The van der Waals surface area contributed by atoms with E-state index in [1.165, 1.54) is 5.56 Å². The lowest BCUT2D eigenvalue weighted by atomic mass is 10.2. The highest BCUT2D eigenvalue weighted by Crippen LogP contribution is 2.34. The molecule has 102 valence electrons. The number of hydrogen-bond acceptors (Lipinski definition) is 3. The van der Waals surface area contributed by atoms with Crippen molar-refractivity contribution < 1.29 is 9.47 Å². The molecule has 0 saturated heterocycles. The van der Waals surface area contributed by atoms with E-state index >= 15 is 0 Å². The molecule has 0 bridgehead atoms. The van der Waals surface area contributed by atoms with Crippen LogP contribution in [0.15, 0.2) is 21.1 Å². The van der Waals surface area contributed by atoms with E-state index in [4.69, 9.17) is 9.47 Å². The van der Waals surface area contributed by atoms with Gasteiger partial charge in [0.05, 0.1) is 16.1 Å². The standard InChI is InChI=1S/C13H19Br2NO2/c1-9(4-5-17-2)16-8-10-6-11(14)13(18-3)12(15)7-10/h6-7,9,16H,4-5,8H2,1-3H3. The first kappa shape index (κ1) is 16.0. The fourth-order valence-corrected chi connectivity index (χ4v) is 3.20. The van der Waals surface area contributed by atoms with Crippen LogP contribution < -0.4 is 10.1 Å². The topological polar surface area (TPSA) is 30.5 Å². The van der Waals surface area contributed by atoms with Gasteiger partial charge in [0, 0.05) is 26.3 Å². The first-order valence-corrected chi connectivity index (χ1v) is 7.41. The number of methoxy groups -OCH3 is 2. The number of hydrogen-bond donors (Lipinski definition) is 1. The van der Waals surface area contributed by atoms with Crippen molar-refractivity contribution in [2.75, 3.05) is 20.8 Å². The minimum atomic E-state index is 0.435. The molecule has 18 heavy (non-hydrogen) atoms. The third-order valence-electron chi connectivity index (χ3n) is 2.67. The molecule has 0 amide bonds. The van der Waals surface area contributed by atoms with Crippen LogP contribution in [0.1, 0.15) is 18.9 Å². The van der Waals surface area contributed by atoms with E-state index < -0.39 is 0 Å². The van der Waals surface area contributed by atoms with Gasteiger partial charge in [-0.05, 0) is 62.9 Å². The van der Waals surface area contributed by atoms with Gasteiger partial charge in [-0.15, -0.1) is 0 Å². The third-order valence-corrected chi connectivity index (χ3v) is 3.85. The summed E-state index contributed by atoms with van der Waals surface area (Å²) in [5.74, 6) is 0.825. The minimum absolute atomic E-state index is 0.435. The van der Waals surface area contributed by atoms with Gasteiger partial charge in [0.15, 0.2) is 0 Å². The van der Waals surface area contributed by atoms with Crippen LogP contribution in [0.5, 0.6) is 5.75 Å². The van der Waals surface area contributed by atoms with Crippen molar-refractivity contribution in [1.29, 1.82) is 0 Å². The molecule has 0 heterocycles. The van der Waals surface area contributed by atoms with Crippen LogP contribution in [-0.2, 0) is 11.3 Å². The summed E-state index contributed by atoms with van der Waals surface area (Å²) in [7, 11) is 3.39. The van der Waals surface area contributed by atoms with Crippen molar-refractivity contribution in [2.24, 2.45) is 0 Å². The van der Waals surface area contributed by atoms with Gasteiger partial charge in [0.25, 0.3) is 0 Å². The average molecular weight is 381 g/mol. The second-order valence-corrected chi connectivity index (χ2v) is 5.86. The molecule has 1 aromatic carbocycles. The molecule has 1 rings (SSSR count). The van der Waals surface area contributed by atoms with E-state index in [0.717, 1.165) is 34.3 Å². The summed E-state index contributed by atoms with van der Waals surface area (Å²) in [6, 6.07) is 4.57. The van der Waals surface area contributed by atoms with Gasteiger partial charge < -0.3 is 14.8 Å². The maximum Gasteiger partial charge on any atom is 0.147 e. The van der Waals surface area contributed by atoms with E-state index in [2.05, 4.69) is 56.2 Å². The first-order valence-electron chi connectivity index (χ1n) is 5.82. The lowest BCUT2D eigenvalue weighted by molar-refractivity contribution is 0.184. The van der Waals surface area contributed by atoms with Crippen molar-refractivity contribution in [3.05, 3.63) is 26.6 Å². The van der Waals surface area contributed by atoms with Gasteiger partial charge in [0.2, 0.25) is 0 Å². The summed E-state index contributed by atoms with van der Waals surface area (Å²) in [4.78, 5) is 0. The van der Waals surface area contributed by atoms with Crippen LogP contribution in [0.4, 0.5) is 0 Å². The molecular weight excluding hydrogens is 362 g/mol. The highest BCUT2D eigenvalue weighted by Gasteiger charge is 2.08. The molecule has 1 aromatic rings. The van der Waals surface area contributed by atoms with Crippen LogP contribution >= 0.6 is 31.9 Å². The molecule has 0 spiro atoms. The smallest absolute Gasteiger partial charge is 0.147 e. The second kappa shape index (κ2) is 8.15. The molecule has 3 nitrogen and oxygen atoms in total. The molecule has 1 atom stereocenters. The predicted molar refractivity (Wildman–Crippen MR) is 81.2 cm³/mol. The van der Waals surface area contributed by atoms with E-state index in [1.807, 2.05) is 0 Å². The molecule has 5 heteroatoms. The van der Waals surface area contributed by atoms with Crippen molar-refractivity contribution in [3.63, 3.8) is 0 Å². The van der Waals surface area contributed by atoms with Gasteiger partial charge in [-0.3, -0.25) is 0 Å². The van der Waals surface area contributed by atoms with Gasteiger partial charge in [-0.25, -0.2) is 0 Å². The largest absolute Gasteiger partial charge is 0.494 e. The summed E-state index contributed by atoms with van der Waals surface area (Å²) in [6.45, 7) is 3.77. The number of rotatable bonds is 7. The predicted octanol–water partition coefficient (Wildman–Crippen LogP) is 3.73. The van der Waals surface area contributed by atoms with Crippen LogP contribution in [-0.4, -0.2) is 26.9 Å². The normalized spacial score (nSPS) is 12.5. The SMILES string of the molecule is COCCC(C)NCc1cc(Br)c(OC)c(Br)c1. The van der Waals surface area contributed by atoms with E-state index in [-0.39, 0.29) is 0 Å². The fourth-order valence-electron chi connectivity index (χ4n) is 1.60. The molecule has 0 radical (unpaired) electrons. The maximum atomic E-state index is 5.28. The Morgan fingerprint density at radius 2 is 1.83 bits per heavy atom. The summed E-state index contributed by atoms with van der Waals surface area (Å²) in [5.41, 5.74) is 1.21. The Kier molecular flexibility index (Phi) is 7.22. The number of halogens is 2. The lowest BCUT2D eigenvalue weighted by Crippen LogP contribution is -2.26. The summed E-state index contributed by atoms with van der Waals surface area (Å²) in [5, 5.41) is 3.46. The molecule has 1 unspecified atom stereocenters.